The topological polar surface area (TPSA) is 147 Å². The molecule has 0 atom stereocenters. The first-order chi connectivity index (χ1) is 67.0. The van der Waals surface area contributed by atoms with Crippen LogP contribution in [0.3, 0.4) is 0 Å². The molecule has 12 nitrogen and oxygen atoms in total. The largest absolute Gasteiger partial charge is 0.481 e. The van der Waals surface area contributed by atoms with Gasteiger partial charge in [0.2, 0.25) is 0 Å². The summed E-state index contributed by atoms with van der Waals surface area (Å²) in [5.41, 5.74) is 17.5. The van der Waals surface area contributed by atoms with Gasteiger partial charge in [-0.15, -0.1) is 214 Å². The van der Waals surface area contributed by atoms with E-state index in [4.69, 9.17) is 9.40 Å². The summed E-state index contributed by atoms with van der Waals surface area (Å²) in [6.07, 6.45) is 14.3. The van der Waals surface area contributed by atoms with E-state index in [-0.39, 0.29) is 161 Å². The van der Waals surface area contributed by atoms with Gasteiger partial charge in [0.25, 0.3) is 0 Å². The van der Waals surface area contributed by atoms with Gasteiger partial charge in [0, 0.05) is 219 Å². The molecule has 143 heavy (non-hydrogen) atoms. The maximum atomic E-state index is 5.61. The smallest absolute Gasteiger partial charge is 0.155 e. The van der Waals surface area contributed by atoms with Gasteiger partial charge in [-0.3, -0.25) is 24.9 Å². The van der Waals surface area contributed by atoms with Crippen LogP contribution in [0, 0.1) is 48.5 Å². The van der Waals surface area contributed by atoms with Crippen molar-refractivity contribution >= 4 is 130 Å². The zero-order chi connectivity index (χ0) is 90.5. The maximum Gasteiger partial charge on any atom is 0.155 e. The quantitative estimate of drug-likeness (QED) is 0.106. The average Bonchev–Trinajstić information content (AvgIpc) is 1.65. The second-order valence-electron chi connectivity index (χ2n) is 31.0. The van der Waals surface area contributed by atoms with E-state index in [0.29, 0.717) is 5.89 Å². The van der Waals surface area contributed by atoms with Crippen molar-refractivity contribution in [3.8, 4) is 84.1 Å². The number of fused-ring (bicyclic) bond motifs is 10. The molecule has 0 saturated heterocycles. The van der Waals surface area contributed by atoms with E-state index < -0.39 is 0 Å². The number of oxazole rings is 1. The van der Waals surface area contributed by atoms with E-state index in [9.17, 15) is 0 Å². The van der Waals surface area contributed by atoms with Crippen LogP contribution in [0.5, 0.6) is 0 Å². The number of hydrogen-bond acceptors (Lipinski definition) is 12. The summed E-state index contributed by atoms with van der Waals surface area (Å²) < 4.78 is 8.91. The number of para-hydroxylation sites is 4. The van der Waals surface area contributed by atoms with Crippen LogP contribution < -0.4 is 0 Å². The fourth-order valence-corrected chi connectivity index (χ4v) is 17.0. The number of benzene rings is 17. The fourth-order valence-electron chi connectivity index (χ4n) is 16.1. The molecule has 0 saturated carbocycles. The Morgan fingerprint density at radius 1 is 0.287 bits per heavy atom. The Morgan fingerprint density at radius 3 is 1.50 bits per heavy atom. The first-order valence-electron chi connectivity index (χ1n) is 43.9. The van der Waals surface area contributed by atoms with Crippen LogP contribution in [-0.2, 0) is 161 Å². The van der Waals surface area contributed by atoms with Crippen LogP contribution in [0.1, 0.15) is 0 Å². The van der Waals surface area contributed by atoms with Gasteiger partial charge < -0.3 is 28.9 Å². The first-order valence-corrected chi connectivity index (χ1v) is 44.8. The van der Waals surface area contributed by atoms with Crippen LogP contribution in [0.4, 0.5) is 0 Å². The average molecular weight is 3280 g/mol. The molecule has 0 N–H and O–H groups in total. The van der Waals surface area contributed by atoms with Crippen LogP contribution in [0.15, 0.2) is 473 Å². The Balaban J connectivity index is 0.000000146. The number of nitrogens with zero attached hydrogens (tertiary/aromatic N) is 11. The second-order valence-corrected chi connectivity index (χ2v) is 32.0. The van der Waals surface area contributed by atoms with E-state index in [0.717, 1.165) is 122 Å². The van der Waals surface area contributed by atoms with E-state index in [2.05, 4.69) is 256 Å². The SMILES string of the molecule is [Ir].[Ir].[Ir].[Ir].[Ir].[Ir].[Ir].[Ir].[c-]1c(-c2ccccn2)c2ccccc2c2ccccc12.[c-]1cc2ccc3cccc4ccc(c1-c1ccccn1)c2c34.[c-]1cccc2ccc3cccnc3c12.[c-]1ccccc1-c1cc2ccccc2cn1.[c-]1ccccc1-c1nc2ccccc2o1.[c-]1ccccc1-c1nc2ccccc2s1.[c-]1ccccc1-c1nc2cccnc2n1-c1ccccc1.[c-]1cnccc1-c1ccccn1. The van der Waals surface area contributed by atoms with Gasteiger partial charge in [0.05, 0.1) is 22.4 Å². The van der Waals surface area contributed by atoms with Gasteiger partial charge >= 0.3 is 0 Å². The molecule has 27 rings (SSSR count). The van der Waals surface area contributed by atoms with Crippen LogP contribution in [-0.4, -0.2) is 54.4 Å². The molecule has 27 aromatic rings. The van der Waals surface area contributed by atoms with Crippen LogP contribution in [0.25, 0.3) is 203 Å². The fraction of sp³-hybridized carbons (Fsp3) is 0. The van der Waals surface area contributed by atoms with Gasteiger partial charge in [-0.1, -0.05) is 256 Å². The Labute approximate surface area is 940 Å². The van der Waals surface area contributed by atoms with Crippen LogP contribution in [0.2, 0.25) is 0 Å². The first kappa shape index (κ1) is 109. The van der Waals surface area contributed by atoms with Gasteiger partial charge in [-0.25, -0.2) is 4.98 Å². The van der Waals surface area contributed by atoms with Gasteiger partial charge in [-0.2, -0.15) is 23.0 Å². The molecule has 0 fully saturated rings. The van der Waals surface area contributed by atoms with Crippen LogP contribution >= 0.6 is 11.3 Å². The number of aromatic nitrogens is 11. The number of rotatable bonds is 8. The van der Waals surface area contributed by atoms with Crippen molar-refractivity contribution in [3.63, 3.8) is 0 Å². The monoisotopic (exact) mass is 3290 g/mol. The van der Waals surface area contributed by atoms with E-state index >= 15 is 0 Å². The van der Waals surface area contributed by atoms with Crippen molar-refractivity contribution in [3.05, 3.63) is 517 Å². The molecule has 0 bridgehead atoms. The molecule has 10 heterocycles. The molecule has 0 spiro atoms. The molecule has 0 aliphatic carbocycles. The summed E-state index contributed by atoms with van der Waals surface area (Å²) in [5, 5.41) is 19.4. The Morgan fingerprint density at radius 2 is 0.818 bits per heavy atom. The number of pyridine rings is 7. The van der Waals surface area contributed by atoms with E-state index in [1.165, 1.54) is 74.7 Å². The van der Waals surface area contributed by atoms with Crippen molar-refractivity contribution < 1.29 is 165 Å². The molecule has 712 valence electrons. The van der Waals surface area contributed by atoms with E-state index in [1.54, 1.807) is 36.1 Å². The zero-order valence-corrected chi connectivity index (χ0v) is 95.3. The third-order valence-electron chi connectivity index (χ3n) is 22.4. The van der Waals surface area contributed by atoms with Gasteiger partial charge in [0.1, 0.15) is 11.5 Å². The number of thiazole rings is 1. The molecular weight excluding hydrogens is 3210 g/mol. The van der Waals surface area contributed by atoms with Crippen molar-refractivity contribution in [2.24, 2.45) is 0 Å². The zero-order valence-electron chi connectivity index (χ0n) is 75.4. The van der Waals surface area contributed by atoms with Crippen molar-refractivity contribution in [1.29, 1.82) is 0 Å². The molecule has 0 amide bonds. The van der Waals surface area contributed by atoms with Crippen molar-refractivity contribution in [1.82, 2.24) is 54.4 Å². The third-order valence-corrected chi connectivity index (χ3v) is 23.5. The summed E-state index contributed by atoms with van der Waals surface area (Å²) in [6.45, 7) is 0. The summed E-state index contributed by atoms with van der Waals surface area (Å²) in [7, 11) is 0. The Kier molecular flexibility index (Phi) is 41.2. The number of imidazole rings is 1. The van der Waals surface area contributed by atoms with E-state index in [1.807, 2.05) is 286 Å². The van der Waals surface area contributed by atoms with Gasteiger partial charge in [-0.05, 0) is 140 Å². The summed E-state index contributed by atoms with van der Waals surface area (Å²) in [6, 6.07) is 166. The molecule has 0 unspecified atom stereocenters. The molecular formula is C122H77Ir8N11OS-8. The minimum absolute atomic E-state index is 0. The molecule has 0 aliphatic rings. The Hall–Kier alpha value is -12.8. The van der Waals surface area contributed by atoms with Crippen molar-refractivity contribution in [2.45, 2.75) is 0 Å². The number of hydrogen-bond donors (Lipinski definition) is 0. The molecule has 8 radical (unpaired) electrons. The minimum atomic E-state index is 0. The summed E-state index contributed by atoms with van der Waals surface area (Å²) in [4.78, 5) is 44.1. The second kappa shape index (κ2) is 54.0. The standard InChI is InChI=1S/C21H12N.C19H12N.C18H12N3.C15H10N.C13H8NO.C13H8NS.C13H8N.C10H7N2.8Ir/c1-2-13-22-19(6-1)17-11-9-16-8-7-14-4-3-5-15-10-12-18(17)21(16)20(14)15;1-2-8-15-14(7-1)13-18(19-11-5-6-12-20-19)17-10-4-3-9-16(15)17;1-3-8-14(9-4-1)17-20-16-12-7-13-19-18(16)21(17)15-10-5-2-6-11-15;1-2-6-12(7-3-1)15-10-13-8-4-5-9-14(13)11-16-15;2*1-2-6-10(7-3-1)13-14-11-8-4-5-9-12(11)15-13;1-2-6-12-10(4-1)7-8-11-5-3-9-14-13(11)12;1-2-6-12-10(3-1)9-4-7-11-8-5-9;;;;;;;;/h1-10,12-13H;1-12H;1-8,10-13H;1-6,8-11H;2*1-6,8-9H;1-5,7-9H;1-4,6-8H;;;;;;;;/q8*-1;;;;;;;;. The predicted molar refractivity (Wildman–Crippen MR) is 551 cm³/mol. The predicted octanol–water partition coefficient (Wildman–Crippen LogP) is 30.1. The Bertz CT molecular complexity index is 8360. The molecule has 17 aromatic carbocycles. The third kappa shape index (κ3) is 26.2. The summed E-state index contributed by atoms with van der Waals surface area (Å²) in [5.74, 6) is 1.48. The normalized spacial score (nSPS) is 10.2. The molecule has 10 aromatic heterocycles. The van der Waals surface area contributed by atoms with Gasteiger partial charge in [0.15, 0.2) is 5.65 Å². The molecule has 0 aliphatic heterocycles. The molecule has 21 heteroatoms. The summed E-state index contributed by atoms with van der Waals surface area (Å²) >= 11 is 1.71. The maximum absolute atomic E-state index is 5.61. The van der Waals surface area contributed by atoms with Crippen molar-refractivity contribution in [2.75, 3.05) is 0 Å². The minimum Gasteiger partial charge on any atom is -0.481 e.